The smallest absolute Gasteiger partial charge is 0.110 e. The lowest BCUT2D eigenvalue weighted by Crippen LogP contribution is -2.39. The Balaban J connectivity index is 2.08. The SMILES string of the molecule is COC1(CNc2cc(Cl)c(Cl)cc2N)CCOC1. The van der Waals surface area contributed by atoms with Crippen LogP contribution in [0.5, 0.6) is 0 Å². The maximum absolute atomic E-state index is 5.97. The van der Waals surface area contributed by atoms with E-state index < -0.39 is 0 Å². The molecule has 0 saturated carbocycles. The van der Waals surface area contributed by atoms with Crippen LogP contribution in [0.1, 0.15) is 6.42 Å². The number of nitrogen functional groups attached to an aromatic ring is 1. The van der Waals surface area contributed by atoms with Gasteiger partial charge in [-0.05, 0) is 12.1 Å². The third-order valence-corrected chi connectivity index (χ3v) is 3.92. The topological polar surface area (TPSA) is 56.5 Å². The Kier molecular flexibility index (Phi) is 4.22. The molecule has 1 unspecified atom stereocenters. The predicted molar refractivity (Wildman–Crippen MR) is 74.5 cm³/mol. The van der Waals surface area contributed by atoms with Crippen molar-refractivity contribution in [2.24, 2.45) is 0 Å². The summed E-state index contributed by atoms with van der Waals surface area (Å²) in [4.78, 5) is 0. The summed E-state index contributed by atoms with van der Waals surface area (Å²) in [5.74, 6) is 0. The van der Waals surface area contributed by atoms with Gasteiger partial charge in [0.15, 0.2) is 0 Å². The normalized spacial score (nSPS) is 23.3. The van der Waals surface area contributed by atoms with Crippen molar-refractivity contribution in [2.45, 2.75) is 12.0 Å². The number of ether oxygens (including phenoxy) is 2. The Hall–Kier alpha value is -0.680. The number of nitrogens with two attached hydrogens (primary N) is 1. The molecule has 2 rings (SSSR count). The summed E-state index contributed by atoms with van der Waals surface area (Å²) in [6.45, 7) is 1.91. The van der Waals surface area contributed by atoms with Crippen LogP contribution in [0.2, 0.25) is 10.0 Å². The monoisotopic (exact) mass is 290 g/mol. The van der Waals surface area contributed by atoms with Crippen molar-refractivity contribution < 1.29 is 9.47 Å². The van der Waals surface area contributed by atoms with Crippen LogP contribution in [0.25, 0.3) is 0 Å². The fourth-order valence-corrected chi connectivity index (χ4v) is 2.27. The molecule has 1 fully saturated rings. The van der Waals surface area contributed by atoms with Crippen molar-refractivity contribution in [3.05, 3.63) is 22.2 Å². The van der Waals surface area contributed by atoms with Crippen molar-refractivity contribution in [3.63, 3.8) is 0 Å². The molecule has 6 heteroatoms. The third-order valence-electron chi connectivity index (χ3n) is 3.19. The highest BCUT2D eigenvalue weighted by molar-refractivity contribution is 6.42. The molecule has 0 aromatic heterocycles. The summed E-state index contributed by atoms with van der Waals surface area (Å²) >= 11 is 11.8. The van der Waals surface area contributed by atoms with Gasteiger partial charge in [0.2, 0.25) is 0 Å². The van der Waals surface area contributed by atoms with Crippen LogP contribution >= 0.6 is 23.2 Å². The molecule has 0 radical (unpaired) electrons. The zero-order valence-electron chi connectivity index (χ0n) is 10.1. The molecule has 0 amide bonds. The van der Waals surface area contributed by atoms with Crippen LogP contribution in [-0.2, 0) is 9.47 Å². The number of hydrogen-bond donors (Lipinski definition) is 2. The van der Waals surface area contributed by atoms with Crippen LogP contribution < -0.4 is 11.1 Å². The van der Waals surface area contributed by atoms with E-state index in [2.05, 4.69) is 5.32 Å². The molecule has 100 valence electrons. The maximum Gasteiger partial charge on any atom is 0.110 e. The van der Waals surface area contributed by atoms with Crippen molar-refractivity contribution in [1.82, 2.24) is 0 Å². The minimum Gasteiger partial charge on any atom is -0.397 e. The quantitative estimate of drug-likeness (QED) is 0.838. The van der Waals surface area contributed by atoms with Gasteiger partial charge in [0.25, 0.3) is 0 Å². The molecular formula is C12H16Cl2N2O2. The number of benzene rings is 1. The first kappa shape index (κ1) is 13.7. The Morgan fingerprint density at radius 1 is 1.44 bits per heavy atom. The number of halogens is 2. The van der Waals surface area contributed by atoms with E-state index >= 15 is 0 Å². The number of methoxy groups -OCH3 is 1. The molecule has 1 aliphatic heterocycles. The molecule has 0 bridgehead atoms. The van der Waals surface area contributed by atoms with E-state index in [9.17, 15) is 0 Å². The highest BCUT2D eigenvalue weighted by Gasteiger charge is 2.34. The van der Waals surface area contributed by atoms with Crippen LogP contribution in [0.4, 0.5) is 11.4 Å². The molecule has 1 aromatic rings. The number of nitrogens with one attached hydrogen (secondary N) is 1. The Bertz CT molecular complexity index is 434. The molecule has 4 nitrogen and oxygen atoms in total. The van der Waals surface area contributed by atoms with Gasteiger partial charge >= 0.3 is 0 Å². The number of rotatable bonds is 4. The first-order valence-electron chi connectivity index (χ1n) is 5.68. The second-order valence-corrected chi connectivity index (χ2v) is 5.21. The van der Waals surface area contributed by atoms with Gasteiger partial charge in [0, 0.05) is 26.7 Å². The van der Waals surface area contributed by atoms with E-state index in [-0.39, 0.29) is 5.60 Å². The van der Waals surface area contributed by atoms with E-state index in [1.165, 1.54) is 0 Å². The molecule has 1 saturated heterocycles. The summed E-state index contributed by atoms with van der Waals surface area (Å²) in [7, 11) is 1.69. The molecule has 3 N–H and O–H groups in total. The fraction of sp³-hybridized carbons (Fsp3) is 0.500. The summed E-state index contributed by atoms with van der Waals surface area (Å²) in [6.07, 6.45) is 0.859. The van der Waals surface area contributed by atoms with Crippen molar-refractivity contribution >= 4 is 34.6 Å². The van der Waals surface area contributed by atoms with Gasteiger partial charge in [0.1, 0.15) is 5.60 Å². The minimum absolute atomic E-state index is 0.293. The molecule has 1 atom stereocenters. The Labute approximate surface area is 116 Å². The summed E-state index contributed by atoms with van der Waals surface area (Å²) in [5, 5.41) is 4.17. The van der Waals surface area contributed by atoms with E-state index in [0.717, 1.165) is 12.1 Å². The van der Waals surface area contributed by atoms with Crippen molar-refractivity contribution in [2.75, 3.05) is 37.9 Å². The maximum atomic E-state index is 5.97. The lowest BCUT2D eigenvalue weighted by Gasteiger charge is -2.26. The lowest BCUT2D eigenvalue weighted by molar-refractivity contribution is -0.00618. The molecule has 0 spiro atoms. The van der Waals surface area contributed by atoms with E-state index in [1.54, 1.807) is 19.2 Å². The first-order chi connectivity index (χ1) is 8.56. The van der Waals surface area contributed by atoms with Gasteiger partial charge in [0.05, 0.1) is 28.0 Å². The van der Waals surface area contributed by atoms with Gasteiger partial charge in [-0.2, -0.15) is 0 Å². The van der Waals surface area contributed by atoms with Gasteiger partial charge in [-0.3, -0.25) is 0 Å². The highest BCUT2D eigenvalue weighted by Crippen LogP contribution is 2.31. The average Bonchev–Trinajstić information content (AvgIpc) is 2.82. The largest absolute Gasteiger partial charge is 0.397 e. The first-order valence-corrected chi connectivity index (χ1v) is 6.43. The second kappa shape index (κ2) is 5.53. The van der Waals surface area contributed by atoms with E-state index in [1.807, 2.05) is 0 Å². The van der Waals surface area contributed by atoms with Crippen molar-refractivity contribution in [3.8, 4) is 0 Å². The van der Waals surface area contributed by atoms with Crippen LogP contribution in [-0.4, -0.2) is 32.5 Å². The van der Waals surface area contributed by atoms with E-state index in [0.29, 0.717) is 35.5 Å². The van der Waals surface area contributed by atoms with Crippen LogP contribution in [0.15, 0.2) is 12.1 Å². The van der Waals surface area contributed by atoms with Gasteiger partial charge < -0.3 is 20.5 Å². The molecule has 18 heavy (non-hydrogen) atoms. The summed E-state index contributed by atoms with van der Waals surface area (Å²) in [5.41, 5.74) is 6.91. The van der Waals surface area contributed by atoms with Gasteiger partial charge in [-0.15, -0.1) is 0 Å². The summed E-state index contributed by atoms with van der Waals surface area (Å²) in [6, 6.07) is 3.36. The lowest BCUT2D eigenvalue weighted by atomic mass is 10.0. The Morgan fingerprint density at radius 2 is 2.17 bits per heavy atom. The minimum atomic E-state index is -0.293. The van der Waals surface area contributed by atoms with Crippen molar-refractivity contribution in [1.29, 1.82) is 0 Å². The number of hydrogen-bond acceptors (Lipinski definition) is 4. The standard InChI is InChI=1S/C12H16Cl2N2O2/c1-17-12(2-3-18-7-12)6-16-11-5-9(14)8(13)4-10(11)15/h4-5,16H,2-3,6-7,15H2,1H3. The molecule has 1 aromatic carbocycles. The highest BCUT2D eigenvalue weighted by atomic mass is 35.5. The fourth-order valence-electron chi connectivity index (χ4n) is 1.93. The predicted octanol–water partition coefficient (Wildman–Crippen LogP) is 2.79. The summed E-state index contributed by atoms with van der Waals surface area (Å²) < 4.78 is 10.9. The third kappa shape index (κ3) is 2.83. The van der Waals surface area contributed by atoms with Crippen LogP contribution in [0, 0.1) is 0 Å². The Morgan fingerprint density at radius 3 is 2.78 bits per heavy atom. The molecule has 1 aliphatic rings. The molecule has 0 aliphatic carbocycles. The van der Waals surface area contributed by atoms with Crippen LogP contribution in [0.3, 0.4) is 0 Å². The average molecular weight is 291 g/mol. The van der Waals surface area contributed by atoms with Gasteiger partial charge in [-0.25, -0.2) is 0 Å². The zero-order chi connectivity index (χ0) is 13.2. The van der Waals surface area contributed by atoms with Gasteiger partial charge in [-0.1, -0.05) is 23.2 Å². The number of anilines is 2. The molecular weight excluding hydrogens is 275 g/mol. The van der Waals surface area contributed by atoms with E-state index in [4.69, 9.17) is 38.4 Å². The second-order valence-electron chi connectivity index (χ2n) is 4.40. The molecule has 1 heterocycles. The zero-order valence-corrected chi connectivity index (χ0v) is 11.6.